The third-order valence-electron chi connectivity index (χ3n) is 2.33. The van der Waals surface area contributed by atoms with Gasteiger partial charge in [0.25, 0.3) is 0 Å². The largest absolute Gasteiger partial charge is 0.491 e. The smallest absolute Gasteiger partial charge is 0.119 e. The van der Waals surface area contributed by atoms with Crippen molar-refractivity contribution in [3.05, 3.63) is 29.3 Å². The van der Waals surface area contributed by atoms with Gasteiger partial charge in [0, 0.05) is 0 Å². The van der Waals surface area contributed by atoms with Gasteiger partial charge in [-0.3, -0.25) is 4.84 Å². The summed E-state index contributed by atoms with van der Waals surface area (Å²) in [5.74, 6) is 0.785. The summed E-state index contributed by atoms with van der Waals surface area (Å²) in [6, 6.07) is 6.00. The molecule has 1 rings (SSSR count). The summed E-state index contributed by atoms with van der Waals surface area (Å²) in [5, 5.41) is 9.78. The van der Waals surface area contributed by atoms with Crippen LogP contribution in [0.4, 0.5) is 0 Å². The first kappa shape index (κ1) is 16.0. The van der Waals surface area contributed by atoms with Crippen LogP contribution in [-0.4, -0.2) is 30.0 Å². The molecule has 1 atom stereocenters. The number of ether oxygens (including phenoxy) is 1. The highest BCUT2D eigenvalue weighted by molar-refractivity contribution is 5.32. The van der Waals surface area contributed by atoms with Crippen molar-refractivity contribution in [3.63, 3.8) is 0 Å². The molecule has 108 valence electrons. The zero-order valence-corrected chi connectivity index (χ0v) is 12.5. The monoisotopic (exact) mass is 267 g/mol. The second-order valence-electron chi connectivity index (χ2n) is 5.85. The molecule has 4 heteroatoms. The Balaban J connectivity index is 2.31. The average Bonchev–Trinajstić information content (AvgIpc) is 2.23. The first-order valence-corrected chi connectivity index (χ1v) is 6.56. The van der Waals surface area contributed by atoms with Crippen LogP contribution in [-0.2, 0) is 4.84 Å². The molecule has 2 N–H and O–H groups in total. The summed E-state index contributed by atoms with van der Waals surface area (Å²) >= 11 is 0. The lowest BCUT2D eigenvalue weighted by molar-refractivity contribution is -0.0857. The number of benzene rings is 1. The van der Waals surface area contributed by atoms with Crippen LogP contribution >= 0.6 is 0 Å². The molecule has 0 saturated carbocycles. The number of aliphatic hydroxyl groups excluding tert-OH is 1. The molecule has 0 aliphatic heterocycles. The number of aliphatic hydroxyl groups is 1. The summed E-state index contributed by atoms with van der Waals surface area (Å²) in [5.41, 5.74) is 4.79. The molecular formula is C15H25NO3. The van der Waals surface area contributed by atoms with Gasteiger partial charge in [0.05, 0.1) is 12.1 Å². The highest BCUT2D eigenvalue weighted by Gasteiger charge is 2.12. The summed E-state index contributed by atoms with van der Waals surface area (Å²) in [6.45, 7) is 10.4. The molecule has 0 radical (unpaired) electrons. The maximum atomic E-state index is 9.78. The number of nitrogens with one attached hydrogen (secondary N) is 1. The number of aryl methyl sites for hydroxylation is 2. The van der Waals surface area contributed by atoms with Gasteiger partial charge in [-0.25, -0.2) is 0 Å². The molecule has 0 spiro atoms. The Bertz CT molecular complexity index is 379. The lowest BCUT2D eigenvalue weighted by Gasteiger charge is -2.21. The van der Waals surface area contributed by atoms with E-state index in [-0.39, 0.29) is 12.2 Å². The predicted molar refractivity (Wildman–Crippen MR) is 76.3 cm³/mol. The second kappa shape index (κ2) is 6.89. The van der Waals surface area contributed by atoms with Gasteiger partial charge in [0.2, 0.25) is 0 Å². The minimum absolute atomic E-state index is 0.239. The third-order valence-corrected chi connectivity index (χ3v) is 2.33. The van der Waals surface area contributed by atoms with Crippen LogP contribution in [0.3, 0.4) is 0 Å². The third kappa shape index (κ3) is 7.15. The normalized spacial score (nSPS) is 13.4. The Labute approximate surface area is 115 Å². The molecule has 0 aliphatic rings. The van der Waals surface area contributed by atoms with Gasteiger partial charge in [0.15, 0.2) is 0 Å². The van der Waals surface area contributed by atoms with Gasteiger partial charge < -0.3 is 9.84 Å². The number of hydrogen-bond acceptors (Lipinski definition) is 4. The van der Waals surface area contributed by atoms with Crippen LogP contribution in [0, 0.1) is 13.8 Å². The first-order valence-electron chi connectivity index (χ1n) is 6.56. The summed E-state index contributed by atoms with van der Waals surface area (Å²) in [4.78, 5) is 5.32. The zero-order valence-electron chi connectivity index (χ0n) is 12.5. The lowest BCUT2D eigenvalue weighted by Crippen LogP contribution is -2.36. The summed E-state index contributed by atoms with van der Waals surface area (Å²) < 4.78 is 5.57. The van der Waals surface area contributed by atoms with Crippen LogP contribution in [0.2, 0.25) is 0 Å². The van der Waals surface area contributed by atoms with Crippen LogP contribution in [0.15, 0.2) is 18.2 Å². The molecule has 0 heterocycles. The highest BCUT2D eigenvalue weighted by Crippen LogP contribution is 2.16. The van der Waals surface area contributed by atoms with Crippen molar-refractivity contribution in [1.82, 2.24) is 5.48 Å². The van der Waals surface area contributed by atoms with E-state index >= 15 is 0 Å². The quantitative estimate of drug-likeness (QED) is 0.777. The lowest BCUT2D eigenvalue weighted by atomic mass is 10.1. The van der Waals surface area contributed by atoms with Crippen molar-refractivity contribution >= 4 is 0 Å². The molecular weight excluding hydrogens is 242 g/mol. The molecule has 0 fully saturated rings. The first-order chi connectivity index (χ1) is 8.76. The van der Waals surface area contributed by atoms with Crippen LogP contribution in [0.1, 0.15) is 31.9 Å². The highest BCUT2D eigenvalue weighted by atomic mass is 16.7. The zero-order chi connectivity index (χ0) is 14.5. The van der Waals surface area contributed by atoms with E-state index in [1.165, 1.54) is 0 Å². The molecule has 0 aromatic heterocycles. The van der Waals surface area contributed by atoms with Gasteiger partial charge >= 0.3 is 0 Å². The van der Waals surface area contributed by atoms with Crippen LogP contribution in [0.25, 0.3) is 0 Å². The fraction of sp³-hybridized carbons (Fsp3) is 0.600. The van der Waals surface area contributed by atoms with Crippen molar-refractivity contribution in [1.29, 1.82) is 0 Å². The van der Waals surface area contributed by atoms with E-state index in [1.807, 2.05) is 46.8 Å². The van der Waals surface area contributed by atoms with Gasteiger partial charge in [-0.2, -0.15) is 5.48 Å². The predicted octanol–water partition coefficient (Wildman–Crippen LogP) is 2.36. The molecule has 1 unspecified atom stereocenters. The van der Waals surface area contributed by atoms with Crippen molar-refractivity contribution in [2.45, 2.75) is 46.3 Å². The summed E-state index contributed by atoms with van der Waals surface area (Å²) in [6.07, 6.45) is -0.608. The fourth-order valence-corrected chi connectivity index (χ4v) is 1.62. The van der Waals surface area contributed by atoms with E-state index in [1.54, 1.807) is 0 Å². The Morgan fingerprint density at radius 2 is 1.74 bits per heavy atom. The van der Waals surface area contributed by atoms with Crippen molar-refractivity contribution in [3.8, 4) is 5.75 Å². The number of hydroxylamine groups is 1. The molecule has 1 aromatic rings. The topological polar surface area (TPSA) is 50.7 Å². The molecule has 0 bridgehead atoms. The fourth-order valence-electron chi connectivity index (χ4n) is 1.62. The van der Waals surface area contributed by atoms with Crippen LogP contribution < -0.4 is 10.2 Å². The molecule has 1 aromatic carbocycles. The second-order valence-corrected chi connectivity index (χ2v) is 5.85. The molecule has 0 aliphatic carbocycles. The Morgan fingerprint density at radius 1 is 1.16 bits per heavy atom. The van der Waals surface area contributed by atoms with Gasteiger partial charge in [-0.1, -0.05) is 6.07 Å². The van der Waals surface area contributed by atoms with E-state index < -0.39 is 6.10 Å². The van der Waals surface area contributed by atoms with E-state index in [4.69, 9.17) is 9.57 Å². The van der Waals surface area contributed by atoms with E-state index in [0.29, 0.717) is 6.54 Å². The van der Waals surface area contributed by atoms with Crippen LogP contribution in [0.5, 0.6) is 5.75 Å². The summed E-state index contributed by atoms with van der Waals surface area (Å²) in [7, 11) is 0. The van der Waals surface area contributed by atoms with Crippen molar-refractivity contribution in [2.24, 2.45) is 0 Å². The van der Waals surface area contributed by atoms with E-state index in [0.717, 1.165) is 16.9 Å². The van der Waals surface area contributed by atoms with E-state index in [2.05, 4.69) is 11.5 Å². The Kier molecular flexibility index (Phi) is 5.79. The minimum atomic E-state index is -0.608. The van der Waals surface area contributed by atoms with Gasteiger partial charge in [0.1, 0.15) is 18.5 Å². The SMILES string of the molecule is Cc1cc(C)cc(OCC(O)CNOC(C)(C)C)c1. The average molecular weight is 267 g/mol. The number of hydrogen-bond donors (Lipinski definition) is 2. The molecule has 19 heavy (non-hydrogen) atoms. The Morgan fingerprint density at radius 3 is 2.26 bits per heavy atom. The minimum Gasteiger partial charge on any atom is -0.491 e. The maximum absolute atomic E-state index is 9.78. The molecule has 0 amide bonds. The maximum Gasteiger partial charge on any atom is 0.119 e. The molecule has 0 saturated heterocycles. The van der Waals surface area contributed by atoms with E-state index in [9.17, 15) is 5.11 Å². The Hall–Kier alpha value is -1.10. The molecule has 4 nitrogen and oxygen atoms in total. The van der Waals surface area contributed by atoms with Gasteiger partial charge in [-0.15, -0.1) is 0 Å². The van der Waals surface area contributed by atoms with Gasteiger partial charge in [-0.05, 0) is 57.9 Å². The van der Waals surface area contributed by atoms with Crippen molar-refractivity contribution in [2.75, 3.05) is 13.2 Å². The van der Waals surface area contributed by atoms with Crippen molar-refractivity contribution < 1.29 is 14.7 Å². The standard InChI is InChI=1S/C15H25NO3/c1-11-6-12(2)8-14(7-11)18-10-13(17)9-16-19-15(3,4)5/h6-8,13,16-17H,9-10H2,1-5H3. The number of rotatable bonds is 6.